The Kier molecular flexibility index (Phi) is 6.82. The van der Waals surface area contributed by atoms with Crippen molar-refractivity contribution in [2.45, 2.75) is 25.3 Å². The van der Waals surface area contributed by atoms with Gasteiger partial charge in [-0.3, -0.25) is 9.59 Å². The predicted molar refractivity (Wildman–Crippen MR) is 149 cm³/mol. The zero-order valence-corrected chi connectivity index (χ0v) is 21.4. The molecule has 4 aromatic rings. The molecule has 0 fully saturated rings. The molecule has 0 saturated carbocycles. The number of aromatic amines is 1. The topological polar surface area (TPSA) is 68.4 Å². The number of nitrogens with zero attached hydrogens (tertiary/aromatic N) is 2. The van der Waals surface area contributed by atoms with Crippen LogP contribution in [0.1, 0.15) is 47.6 Å². The molecule has 2 amide bonds. The van der Waals surface area contributed by atoms with Crippen molar-refractivity contribution in [3.63, 3.8) is 0 Å². The van der Waals surface area contributed by atoms with Gasteiger partial charge >= 0.3 is 0 Å². The van der Waals surface area contributed by atoms with Crippen LogP contribution in [-0.4, -0.2) is 42.3 Å². The van der Waals surface area contributed by atoms with E-state index in [0.29, 0.717) is 6.54 Å². The molecular formula is C31H32N4O2. The summed E-state index contributed by atoms with van der Waals surface area (Å²) in [5, 5.41) is 4.33. The van der Waals surface area contributed by atoms with E-state index in [1.54, 1.807) is 11.1 Å². The highest BCUT2D eigenvalue weighted by Gasteiger charge is 2.28. The Morgan fingerprint density at radius 1 is 1.00 bits per heavy atom. The van der Waals surface area contributed by atoms with E-state index in [0.717, 1.165) is 38.8 Å². The van der Waals surface area contributed by atoms with E-state index in [2.05, 4.69) is 51.6 Å². The highest BCUT2D eigenvalue weighted by atomic mass is 16.2. The fourth-order valence-corrected chi connectivity index (χ4v) is 5.17. The summed E-state index contributed by atoms with van der Waals surface area (Å²) in [6, 6.07) is 24.3. The smallest absolute Gasteiger partial charge is 0.223 e. The summed E-state index contributed by atoms with van der Waals surface area (Å²) >= 11 is 0. The van der Waals surface area contributed by atoms with Crippen molar-refractivity contribution in [1.29, 1.82) is 0 Å². The van der Waals surface area contributed by atoms with Gasteiger partial charge in [0.1, 0.15) is 0 Å². The Morgan fingerprint density at radius 3 is 2.49 bits per heavy atom. The highest BCUT2D eigenvalue weighted by Crippen LogP contribution is 2.34. The van der Waals surface area contributed by atoms with Crippen molar-refractivity contribution in [2.24, 2.45) is 0 Å². The van der Waals surface area contributed by atoms with Crippen molar-refractivity contribution >= 4 is 34.5 Å². The summed E-state index contributed by atoms with van der Waals surface area (Å²) in [6.07, 6.45) is 5.95. The van der Waals surface area contributed by atoms with E-state index >= 15 is 0 Å². The number of H-pyrrole nitrogens is 1. The molecule has 2 N–H and O–H groups in total. The molecule has 188 valence electrons. The molecule has 0 saturated heterocycles. The van der Waals surface area contributed by atoms with Gasteiger partial charge in [0.15, 0.2) is 0 Å². The van der Waals surface area contributed by atoms with Gasteiger partial charge in [0.05, 0.1) is 12.5 Å². The second-order valence-corrected chi connectivity index (χ2v) is 9.72. The molecule has 0 unspecified atom stereocenters. The standard InChI is InChI=1S/C31H32N4O2/c1-21(36)35-17-16-22-8-4-5-9-25(22)30(35)18-31(37)33-19-27(23-12-14-24(15-13-23)34(2)3)28-20-32-29-11-7-6-10-26(28)29/h4-17,20,27,30,32H,18-19H2,1-3H3,(H,33,37)/t27-,30+/m0/s1. The van der Waals surface area contributed by atoms with Crippen LogP contribution < -0.4 is 10.2 Å². The molecule has 3 aromatic carbocycles. The average Bonchev–Trinajstić information content (AvgIpc) is 3.33. The number of aromatic nitrogens is 1. The molecule has 1 aliphatic rings. The van der Waals surface area contributed by atoms with Crippen LogP contribution >= 0.6 is 0 Å². The molecule has 6 heteroatoms. The number of benzene rings is 3. The number of para-hydroxylation sites is 1. The number of rotatable bonds is 7. The lowest BCUT2D eigenvalue weighted by Gasteiger charge is -2.32. The molecule has 6 nitrogen and oxygen atoms in total. The fourth-order valence-electron chi connectivity index (χ4n) is 5.17. The van der Waals surface area contributed by atoms with Crippen LogP contribution in [-0.2, 0) is 9.59 Å². The van der Waals surface area contributed by atoms with Gasteiger partial charge in [-0.2, -0.15) is 0 Å². The van der Waals surface area contributed by atoms with Gasteiger partial charge in [-0.05, 0) is 46.5 Å². The minimum Gasteiger partial charge on any atom is -0.378 e. The summed E-state index contributed by atoms with van der Waals surface area (Å²) < 4.78 is 0. The van der Waals surface area contributed by atoms with Crippen LogP contribution in [0.4, 0.5) is 5.69 Å². The number of fused-ring (bicyclic) bond motifs is 2. The summed E-state index contributed by atoms with van der Waals surface area (Å²) in [7, 11) is 4.05. The highest BCUT2D eigenvalue weighted by molar-refractivity contribution is 5.85. The zero-order valence-electron chi connectivity index (χ0n) is 21.4. The number of anilines is 1. The van der Waals surface area contributed by atoms with E-state index < -0.39 is 0 Å². The molecule has 5 rings (SSSR count). The first kappa shape index (κ1) is 24.4. The first-order valence-electron chi connectivity index (χ1n) is 12.6. The lowest BCUT2D eigenvalue weighted by Crippen LogP contribution is -2.36. The van der Waals surface area contributed by atoms with Crippen LogP contribution in [0.2, 0.25) is 0 Å². The molecule has 0 bridgehead atoms. The van der Waals surface area contributed by atoms with Gasteiger partial charge in [0, 0.05) is 62.5 Å². The minimum atomic E-state index is -0.329. The molecule has 0 aliphatic carbocycles. The van der Waals surface area contributed by atoms with Crippen LogP contribution in [0.25, 0.3) is 17.0 Å². The zero-order chi connectivity index (χ0) is 25.9. The summed E-state index contributed by atoms with van der Waals surface area (Å²) in [5.74, 6) is -0.198. The van der Waals surface area contributed by atoms with Gasteiger partial charge in [-0.1, -0.05) is 54.6 Å². The van der Waals surface area contributed by atoms with Crippen LogP contribution in [0, 0.1) is 0 Å². The lowest BCUT2D eigenvalue weighted by atomic mass is 9.90. The molecule has 0 radical (unpaired) electrons. The van der Waals surface area contributed by atoms with Crippen molar-refractivity contribution in [3.8, 4) is 0 Å². The second kappa shape index (κ2) is 10.3. The average molecular weight is 493 g/mol. The van der Waals surface area contributed by atoms with Crippen molar-refractivity contribution in [3.05, 3.63) is 107 Å². The Hall–Kier alpha value is -4.32. The third-order valence-corrected chi connectivity index (χ3v) is 7.16. The van der Waals surface area contributed by atoms with E-state index in [-0.39, 0.29) is 30.2 Å². The fraction of sp³-hybridized carbons (Fsp3) is 0.226. The normalized spacial score (nSPS) is 15.3. The maximum atomic E-state index is 13.3. The minimum absolute atomic E-state index is 0.0289. The summed E-state index contributed by atoms with van der Waals surface area (Å²) in [5.41, 5.74) is 6.50. The summed E-state index contributed by atoms with van der Waals surface area (Å²) in [4.78, 5) is 32.8. The maximum absolute atomic E-state index is 13.3. The molecule has 2 heterocycles. The Bertz CT molecular complexity index is 1450. The molecule has 37 heavy (non-hydrogen) atoms. The number of hydrogen-bond acceptors (Lipinski definition) is 3. The molecule has 1 aliphatic heterocycles. The largest absolute Gasteiger partial charge is 0.378 e. The third kappa shape index (κ3) is 5.00. The van der Waals surface area contributed by atoms with Crippen LogP contribution in [0.5, 0.6) is 0 Å². The van der Waals surface area contributed by atoms with Crippen molar-refractivity contribution in [1.82, 2.24) is 15.2 Å². The van der Waals surface area contributed by atoms with E-state index in [1.165, 1.54) is 6.92 Å². The van der Waals surface area contributed by atoms with Gasteiger partial charge in [-0.25, -0.2) is 0 Å². The third-order valence-electron chi connectivity index (χ3n) is 7.16. The predicted octanol–water partition coefficient (Wildman–Crippen LogP) is 5.45. The quantitative estimate of drug-likeness (QED) is 0.361. The van der Waals surface area contributed by atoms with Crippen LogP contribution in [0.3, 0.4) is 0 Å². The van der Waals surface area contributed by atoms with Gasteiger partial charge < -0.3 is 20.1 Å². The second-order valence-electron chi connectivity index (χ2n) is 9.72. The van der Waals surface area contributed by atoms with Crippen molar-refractivity contribution in [2.75, 3.05) is 25.5 Å². The first-order chi connectivity index (χ1) is 17.9. The number of nitrogens with one attached hydrogen (secondary N) is 2. The first-order valence-corrected chi connectivity index (χ1v) is 12.6. The Labute approximate surface area is 217 Å². The number of carbonyl (C=O) groups excluding carboxylic acids is 2. The van der Waals surface area contributed by atoms with Crippen molar-refractivity contribution < 1.29 is 9.59 Å². The Morgan fingerprint density at radius 2 is 1.73 bits per heavy atom. The van der Waals surface area contributed by atoms with Gasteiger partial charge in [-0.15, -0.1) is 0 Å². The molecule has 2 atom stereocenters. The van der Waals surface area contributed by atoms with E-state index in [4.69, 9.17) is 0 Å². The monoisotopic (exact) mass is 492 g/mol. The van der Waals surface area contributed by atoms with Gasteiger partial charge in [0.2, 0.25) is 11.8 Å². The summed E-state index contributed by atoms with van der Waals surface area (Å²) in [6.45, 7) is 1.99. The SMILES string of the molecule is CC(=O)N1C=Cc2ccccc2[C@H]1CC(=O)NC[C@@H](c1ccc(N(C)C)cc1)c1c[nH]c2ccccc12. The Balaban J connectivity index is 1.40. The van der Waals surface area contributed by atoms with E-state index in [9.17, 15) is 9.59 Å². The lowest BCUT2D eigenvalue weighted by molar-refractivity contribution is -0.129. The molecule has 1 aromatic heterocycles. The van der Waals surface area contributed by atoms with Gasteiger partial charge in [0.25, 0.3) is 0 Å². The molecular weight excluding hydrogens is 460 g/mol. The molecule has 0 spiro atoms. The number of hydrogen-bond donors (Lipinski definition) is 2. The number of carbonyl (C=O) groups is 2. The van der Waals surface area contributed by atoms with Crippen LogP contribution in [0.15, 0.2) is 85.2 Å². The van der Waals surface area contributed by atoms with E-state index in [1.807, 2.05) is 62.8 Å². The maximum Gasteiger partial charge on any atom is 0.223 e. The number of amides is 2.